The summed E-state index contributed by atoms with van der Waals surface area (Å²) < 4.78 is 0.476. The standard InChI is InChI=1S/C10H18N4S/c1-10(2,3)7-6-8(12-9(11)15)14(4,5)13-7/h6H,1-5H3,(H2-,11,12,13,15)/p+1. The highest BCUT2D eigenvalue weighted by atomic mass is 32.1. The molecule has 1 heterocycles. The largest absolute Gasteiger partial charge is 0.374 e. The van der Waals surface area contributed by atoms with Gasteiger partial charge in [0, 0.05) is 11.5 Å². The summed E-state index contributed by atoms with van der Waals surface area (Å²) >= 11 is 4.79. The first-order valence-electron chi connectivity index (χ1n) is 4.86. The van der Waals surface area contributed by atoms with Crippen molar-refractivity contribution in [3.05, 3.63) is 11.8 Å². The molecule has 15 heavy (non-hydrogen) atoms. The fourth-order valence-electron chi connectivity index (χ4n) is 1.34. The summed E-state index contributed by atoms with van der Waals surface area (Å²) in [6.45, 7) is 6.45. The summed E-state index contributed by atoms with van der Waals surface area (Å²) in [6, 6.07) is 0. The number of thiocarbonyl (C=S) groups is 1. The highest BCUT2D eigenvalue weighted by Crippen LogP contribution is 2.28. The fraction of sp³-hybridized carbons (Fsp3) is 0.600. The number of aliphatic imine (C=N–C) groups is 1. The Hall–Kier alpha value is -0.940. The second-order valence-electron chi connectivity index (χ2n) is 5.18. The first-order chi connectivity index (χ1) is 6.63. The van der Waals surface area contributed by atoms with Gasteiger partial charge >= 0.3 is 0 Å². The van der Waals surface area contributed by atoms with Gasteiger partial charge in [-0.25, -0.2) is 5.43 Å². The highest BCUT2D eigenvalue weighted by molar-refractivity contribution is 7.80. The monoisotopic (exact) mass is 227 g/mol. The SMILES string of the molecule is CC(C)(C)C1=CC(=NC(N)=S)[N+](C)(C)N1. The molecule has 0 bridgehead atoms. The maximum atomic E-state index is 5.42. The Morgan fingerprint density at radius 1 is 1.47 bits per heavy atom. The van der Waals surface area contributed by atoms with Crippen molar-refractivity contribution >= 4 is 23.2 Å². The van der Waals surface area contributed by atoms with E-state index in [9.17, 15) is 0 Å². The topological polar surface area (TPSA) is 50.4 Å². The van der Waals surface area contributed by atoms with Crippen molar-refractivity contribution in [3.8, 4) is 0 Å². The molecular weight excluding hydrogens is 208 g/mol. The highest BCUT2D eigenvalue weighted by Gasteiger charge is 2.36. The molecule has 0 radical (unpaired) electrons. The molecule has 1 aliphatic heterocycles. The first kappa shape index (κ1) is 12.1. The van der Waals surface area contributed by atoms with Crippen LogP contribution in [0.5, 0.6) is 0 Å². The van der Waals surface area contributed by atoms with E-state index in [4.69, 9.17) is 18.0 Å². The molecule has 84 valence electrons. The van der Waals surface area contributed by atoms with Gasteiger partial charge in [0.15, 0.2) is 5.11 Å². The van der Waals surface area contributed by atoms with Crippen LogP contribution >= 0.6 is 12.2 Å². The van der Waals surface area contributed by atoms with Gasteiger partial charge in [0.2, 0.25) is 0 Å². The molecule has 5 heteroatoms. The van der Waals surface area contributed by atoms with Crippen LogP contribution in [-0.2, 0) is 0 Å². The molecule has 0 saturated carbocycles. The zero-order valence-electron chi connectivity index (χ0n) is 9.96. The first-order valence-corrected chi connectivity index (χ1v) is 5.27. The number of nitrogens with one attached hydrogen (secondary N) is 1. The number of hydrogen-bond donors (Lipinski definition) is 2. The lowest BCUT2D eigenvalue weighted by Crippen LogP contribution is -2.51. The maximum Gasteiger partial charge on any atom is 0.256 e. The summed E-state index contributed by atoms with van der Waals surface area (Å²) in [5.41, 5.74) is 10.0. The fourth-order valence-corrected chi connectivity index (χ4v) is 1.43. The number of nitrogens with zero attached hydrogens (tertiary/aromatic N) is 2. The smallest absolute Gasteiger partial charge is 0.256 e. The Morgan fingerprint density at radius 3 is 2.33 bits per heavy atom. The van der Waals surface area contributed by atoms with Crippen LogP contribution in [-0.4, -0.2) is 29.6 Å². The molecule has 4 nitrogen and oxygen atoms in total. The summed E-state index contributed by atoms with van der Waals surface area (Å²) in [5.74, 6) is 0.840. The van der Waals surface area contributed by atoms with Crippen LogP contribution in [0.4, 0.5) is 0 Å². The molecular formula is C10H19N4S+. The lowest BCUT2D eigenvalue weighted by Gasteiger charge is -2.27. The molecule has 0 aromatic heterocycles. The van der Waals surface area contributed by atoms with Crippen molar-refractivity contribution in [2.24, 2.45) is 16.1 Å². The Kier molecular flexibility index (Phi) is 2.89. The van der Waals surface area contributed by atoms with E-state index in [2.05, 4.69) is 31.2 Å². The number of nitrogens with two attached hydrogens (primary N) is 1. The normalized spacial score (nSPS) is 22.5. The molecule has 0 aromatic carbocycles. The van der Waals surface area contributed by atoms with E-state index in [1.165, 1.54) is 0 Å². The third-order valence-corrected chi connectivity index (χ3v) is 2.37. The van der Waals surface area contributed by atoms with Gasteiger partial charge in [-0.2, -0.15) is 9.58 Å². The Morgan fingerprint density at radius 2 is 2.00 bits per heavy atom. The summed E-state index contributed by atoms with van der Waals surface area (Å²) in [5, 5.41) is 0.171. The molecule has 0 saturated heterocycles. The number of amidine groups is 1. The molecule has 0 atom stereocenters. The van der Waals surface area contributed by atoms with Gasteiger partial charge in [-0.1, -0.05) is 20.8 Å². The Balaban J connectivity index is 3.08. The lowest BCUT2D eigenvalue weighted by atomic mass is 9.92. The third-order valence-electron chi connectivity index (χ3n) is 2.28. The quantitative estimate of drug-likeness (QED) is 0.482. The van der Waals surface area contributed by atoms with E-state index in [0.29, 0.717) is 4.59 Å². The van der Waals surface area contributed by atoms with Crippen LogP contribution in [0.3, 0.4) is 0 Å². The minimum absolute atomic E-state index is 0.0724. The van der Waals surface area contributed by atoms with Crippen LogP contribution in [0.2, 0.25) is 0 Å². The van der Waals surface area contributed by atoms with Crippen molar-refractivity contribution in [1.29, 1.82) is 0 Å². The summed E-state index contributed by atoms with van der Waals surface area (Å²) in [6.07, 6.45) is 2.01. The molecule has 0 amide bonds. The van der Waals surface area contributed by atoms with E-state index in [1.807, 2.05) is 20.2 Å². The molecule has 0 aliphatic carbocycles. The van der Waals surface area contributed by atoms with E-state index >= 15 is 0 Å². The van der Waals surface area contributed by atoms with E-state index < -0.39 is 0 Å². The molecule has 1 rings (SSSR count). The minimum Gasteiger partial charge on any atom is -0.374 e. The van der Waals surface area contributed by atoms with Crippen molar-refractivity contribution in [1.82, 2.24) is 5.43 Å². The molecule has 0 aromatic rings. The van der Waals surface area contributed by atoms with Crippen LogP contribution in [0, 0.1) is 5.41 Å². The Labute approximate surface area is 96.4 Å². The molecule has 0 spiro atoms. The van der Waals surface area contributed by atoms with Gasteiger partial charge in [0.1, 0.15) is 0 Å². The predicted molar refractivity (Wildman–Crippen MR) is 67.0 cm³/mol. The lowest BCUT2D eigenvalue weighted by molar-refractivity contribution is -0.838. The van der Waals surface area contributed by atoms with E-state index in [1.54, 1.807) is 0 Å². The van der Waals surface area contributed by atoms with Gasteiger partial charge < -0.3 is 5.73 Å². The number of likely N-dealkylation sites (N-methyl/N-ethyl adjacent to an activating group) is 1. The van der Waals surface area contributed by atoms with Crippen LogP contribution in [0.1, 0.15) is 20.8 Å². The molecule has 0 unspecified atom stereocenters. The summed E-state index contributed by atoms with van der Waals surface area (Å²) in [7, 11) is 4.01. The second-order valence-corrected chi connectivity index (χ2v) is 5.60. The van der Waals surface area contributed by atoms with Gasteiger partial charge in [-0.05, 0) is 12.2 Å². The second kappa shape index (κ2) is 3.57. The predicted octanol–water partition coefficient (Wildman–Crippen LogP) is 1.15. The van der Waals surface area contributed by atoms with Crippen molar-refractivity contribution in [3.63, 3.8) is 0 Å². The van der Waals surface area contributed by atoms with Crippen LogP contribution in [0.25, 0.3) is 0 Å². The molecule has 0 fully saturated rings. The Bertz CT molecular complexity index is 347. The minimum atomic E-state index is 0.0724. The van der Waals surface area contributed by atoms with Crippen molar-refractivity contribution in [2.75, 3.05) is 14.1 Å². The van der Waals surface area contributed by atoms with E-state index in [-0.39, 0.29) is 10.5 Å². The number of rotatable bonds is 0. The average molecular weight is 227 g/mol. The molecule has 3 N–H and O–H groups in total. The van der Waals surface area contributed by atoms with Gasteiger partial charge in [0.05, 0.1) is 19.8 Å². The summed E-state index contributed by atoms with van der Waals surface area (Å²) in [4.78, 5) is 4.15. The van der Waals surface area contributed by atoms with Gasteiger partial charge in [-0.15, -0.1) is 0 Å². The van der Waals surface area contributed by atoms with Gasteiger partial charge in [0.25, 0.3) is 5.84 Å². The number of hydrogen-bond acceptors (Lipinski definition) is 2. The zero-order chi connectivity index (χ0) is 11.9. The van der Waals surface area contributed by atoms with Crippen LogP contribution < -0.4 is 11.2 Å². The number of quaternary nitrogens is 1. The molecule has 1 aliphatic rings. The van der Waals surface area contributed by atoms with Crippen LogP contribution in [0.15, 0.2) is 16.8 Å². The average Bonchev–Trinajstić information content (AvgIpc) is 2.24. The number of allylic oxidation sites excluding steroid dienone is 1. The maximum absolute atomic E-state index is 5.42. The van der Waals surface area contributed by atoms with E-state index in [0.717, 1.165) is 11.5 Å². The van der Waals surface area contributed by atoms with Gasteiger partial charge in [-0.3, -0.25) is 0 Å². The zero-order valence-corrected chi connectivity index (χ0v) is 10.8. The van der Waals surface area contributed by atoms with Crippen molar-refractivity contribution < 1.29 is 4.59 Å². The van der Waals surface area contributed by atoms with Crippen molar-refractivity contribution in [2.45, 2.75) is 20.8 Å². The third kappa shape index (κ3) is 2.76.